The van der Waals surface area contributed by atoms with Gasteiger partial charge < -0.3 is 14.5 Å². The maximum atomic E-state index is 12.1. The first kappa shape index (κ1) is 30.9. The molecular formula is C33H51NO3. The third-order valence-corrected chi connectivity index (χ3v) is 7.05. The third kappa shape index (κ3) is 7.37. The van der Waals surface area contributed by atoms with Crippen LogP contribution in [0.2, 0.25) is 0 Å². The quantitative estimate of drug-likeness (QED) is 0.211. The second-order valence-corrected chi connectivity index (χ2v) is 12.3. The van der Waals surface area contributed by atoms with Gasteiger partial charge in [0, 0.05) is 27.5 Å². The Balaban J connectivity index is 2.73. The minimum absolute atomic E-state index is 0.252. The highest BCUT2D eigenvalue weighted by molar-refractivity contribution is 5.57. The Morgan fingerprint density at radius 2 is 0.784 bits per heavy atom. The summed E-state index contributed by atoms with van der Waals surface area (Å²) in [4.78, 5) is 25.3. The summed E-state index contributed by atoms with van der Waals surface area (Å²) in [5.41, 5.74) is 7.11. The first-order valence-electron chi connectivity index (χ1n) is 14.1. The number of hydrogen-bond donors (Lipinski definition) is 0. The summed E-state index contributed by atoms with van der Waals surface area (Å²) in [5.74, 6) is 3.41. The standard InChI is InChI=1S/C33H51NO3/c1-19(2)26-14-28(21(5)6)32(29(15-26)22(7)8)36-34(25(13)18-35)37-33-30(23(9)10)16-27(20(3)4)17-31(33)24(11)12/h14-25H,1-13H3. The van der Waals surface area contributed by atoms with Crippen LogP contribution in [0.3, 0.4) is 0 Å². The van der Waals surface area contributed by atoms with Crippen LogP contribution in [0.15, 0.2) is 24.3 Å². The molecule has 206 valence electrons. The van der Waals surface area contributed by atoms with E-state index >= 15 is 0 Å². The lowest BCUT2D eigenvalue weighted by molar-refractivity contribution is -0.272. The van der Waals surface area contributed by atoms with Gasteiger partial charge in [0.2, 0.25) is 0 Å². The van der Waals surface area contributed by atoms with E-state index in [4.69, 9.17) is 9.68 Å². The number of aldehydes is 1. The number of carbonyl (C=O) groups excluding carboxylic acids is 1. The minimum atomic E-state index is -0.602. The Labute approximate surface area is 226 Å². The van der Waals surface area contributed by atoms with E-state index in [0.29, 0.717) is 11.8 Å². The van der Waals surface area contributed by atoms with Gasteiger partial charge in [-0.05, 0) is 53.6 Å². The van der Waals surface area contributed by atoms with Crippen molar-refractivity contribution in [1.82, 2.24) is 5.23 Å². The second-order valence-electron chi connectivity index (χ2n) is 12.3. The maximum Gasteiger partial charge on any atom is 0.158 e. The molecule has 0 aliphatic rings. The molecule has 2 rings (SSSR count). The third-order valence-electron chi connectivity index (χ3n) is 7.05. The van der Waals surface area contributed by atoms with E-state index in [1.165, 1.54) is 16.4 Å². The molecule has 0 bridgehead atoms. The van der Waals surface area contributed by atoms with Crippen molar-refractivity contribution in [1.29, 1.82) is 0 Å². The van der Waals surface area contributed by atoms with Gasteiger partial charge in [0.05, 0.1) is 0 Å². The zero-order valence-electron chi connectivity index (χ0n) is 25.6. The topological polar surface area (TPSA) is 38.8 Å². The molecule has 0 radical (unpaired) electrons. The van der Waals surface area contributed by atoms with Crippen LogP contribution in [0, 0.1) is 0 Å². The highest BCUT2D eigenvalue weighted by Crippen LogP contribution is 2.41. The maximum absolute atomic E-state index is 12.1. The predicted octanol–water partition coefficient (Wildman–Crippen LogP) is 9.60. The van der Waals surface area contributed by atoms with Gasteiger partial charge in [-0.3, -0.25) is 0 Å². The molecule has 4 heteroatoms. The summed E-state index contributed by atoms with van der Waals surface area (Å²) in [6.07, 6.45) is 0.874. The summed E-state index contributed by atoms with van der Waals surface area (Å²) >= 11 is 0. The number of benzene rings is 2. The fourth-order valence-corrected chi connectivity index (χ4v) is 4.40. The van der Waals surface area contributed by atoms with E-state index in [1.807, 2.05) is 6.92 Å². The molecule has 0 saturated heterocycles. The monoisotopic (exact) mass is 509 g/mol. The molecule has 0 N–H and O–H groups in total. The van der Waals surface area contributed by atoms with Crippen LogP contribution in [0.25, 0.3) is 0 Å². The van der Waals surface area contributed by atoms with Gasteiger partial charge in [-0.25, -0.2) is 0 Å². The molecule has 4 nitrogen and oxygen atoms in total. The number of nitrogens with zero attached hydrogens (tertiary/aromatic N) is 1. The van der Waals surface area contributed by atoms with Gasteiger partial charge in [0.1, 0.15) is 12.3 Å². The number of hydrogen-bond acceptors (Lipinski definition) is 4. The molecule has 2 aromatic rings. The Hall–Kier alpha value is -2.33. The summed E-state index contributed by atoms with van der Waals surface area (Å²) < 4.78 is 0. The molecule has 0 fully saturated rings. The first-order chi connectivity index (χ1) is 17.2. The zero-order chi connectivity index (χ0) is 28.2. The predicted molar refractivity (Wildman–Crippen MR) is 156 cm³/mol. The minimum Gasteiger partial charge on any atom is -0.370 e. The Kier molecular flexibility index (Phi) is 10.8. The Bertz CT molecular complexity index is 914. The van der Waals surface area contributed by atoms with Crippen molar-refractivity contribution in [3.63, 3.8) is 0 Å². The van der Waals surface area contributed by atoms with Crippen LogP contribution in [-0.4, -0.2) is 17.6 Å². The highest BCUT2D eigenvalue weighted by Gasteiger charge is 2.28. The van der Waals surface area contributed by atoms with Gasteiger partial charge in [-0.1, -0.05) is 107 Å². The number of hydroxylamine groups is 2. The molecule has 1 atom stereocenters. The average Bonchev–Trinajstić information content (AvgIpc) is 2.81. The summed E-state index contributed by atoms with van der Waals surface area (Å²) in [6, 6.07) is 8.39. The van der Waals surface area contributed by atoms with E-state index in [9.17, 15) is 4.79 Å². The van der Waals surface area contributed by atoms with Gasteiger partial charge >= 0.3 is 0 Å². The average molecular weight is 510 g/mol. The molecule has 0 heterocycles. The van der Waals surface area contributed by atoms with Gasteiger partial charge in [0.25, 0.3) is 0 Å². The summed E-state index contributed by atoms with van der Waals surface area (Å²) in [6.45, 7) is 28.2. The molecule has 37 heavy (non-hydrogen) atoms. The van der Waals surface area contributed by atoms with E-state index in [2.05, 4.69) is 107 Å². The van der Waals surface area contributed by atoms with E-state index < -0.39 is 6.04 Å². The molecule has 1 unspecified atom stereocenters. The molecule has 0 spiro atoms. The number of carbonyl (C=O) groups is 1. The summed E-state index contributed by atoms with van der Waals surface area (Å²) in [5, 5.41) is 1.41. The summed E-state index contributed by atoms with van der Waals surface area (Å²) in [7, 11) is 0. The lowest BCUT2D eigenvalue weighted by Gasteiger charge is -2.31. The molecule has 0 amide bonds. The lowest BCUT2D eigenvalue weighted by Crippen LogP contribution is -2.41. The molecule has 0 aliphatic carbocycles. The van der Waals surface area contributed by atoms with Gasteiger partial charge in [0.15, 0.2) is 11.5 Å². The SMILES string of the molecule is CC(C)c1cc(C(C)C)c(ON(Oc2c(C(C)C)cc(C(C)C)cc2C(C)C)C(C)C=O)c(C(C)C)c1. The van der Waals surface area contributed by atoms with Crippen molar-refractivity contribution in [3.05, 3.63) is 57.6 Å². The fourth-order valence-electron chi connectivity index (χ4n) is 4.40. The van der Waals surface area contributed by atoms with Gasteiger partial charge in [-0.2, -0.15) is 0 Å². The van der Waals surface area contributed by atoms with Crippen LogP contribution >= 0.6 is 0 Å². The van der Waals surface area contributed by atoms with Crippen molar-refractivity contribution in [2.45, 2.75) is 132 Å². The van der Waals surface area contributed by atoms with Crippen LogP contribution < -0.4 is 9.68 Å². The van der Waals surface area contributed by atoms with Crippen molar-refractivity contribution in [2.75, 3.05) is 0 Å². The van der Waals surface area contributed by atoms with Gasteiger partial charge in [-0.15, -0.1) is 0 Å². The zero-order valence-corrected chi connectivity index (χ0v) is 25.6. The van der Waals surface area contributed by atoms with E-state index in [-0.39, 0.29) is 23.7 Å². The van der Waals surface area contributed by atoms with Crippen molar-refractivity contribution in [2.24, 2.45) is 0 Å². The lowest BCUT2D eigenvalue weighted by atomic mass is 9.88. The van der Waals surface area contributed by atoms with Crippen LogP contribution in [0.1, 0.15) is 159 Å². The normalized spacial score (nSPS) is 13.1. The van der Waals surface area contributed by atoms with E-state index in [1.54, 1.807) is 0 Å². The van der Waals surface area contributed by atoms with Crippen molar-refractivity contribution in [3.8, 4) is 11.5 Å². The first-order valence-corrected chi connectivity index (χ1v) is 14.1. The molecule has 0 aromatic heterocycles. The van der Waals surface area contributed by atoms with Crippen LogP contribution in [0.4, 0.5) is 0 Å². The second kappa shape index (κ2) is 13.0. The Morgan fingerprint density at radius 1 is 0.514 bits per heavy atom. The number of rotatable bonds is 12. The molecule has 2 aromatic carbocycles. The highest BCUT2D eigenvalue weighted by atomic mass is 17.0. The van der Waals surface area contributed by atoms with Crippen molar-refractivity contribution >= 4 is 6.29 Å². The van der Waals surface area contributed by atoms with Crippen LogP contribution in [-0.2, 0) is 4.79 Å². The largest absolute Gasteiger partial charge is 0.370 e. The smallest absolute Gasteiger partial charge is 0.158 e. The van der Waals surface area contributed by atoms with E-state index in [0.717, 1.165) is 40.0 Å². The molecule has 0 aliphatic heterocycles. The molecular weight excluding hydrogens is 458 g/mol. The Morgan fingerprint density at radius 3 is 0.973 bits per heavy atom. The fraction of sp³-hybridized carbons (Fsp3) is 0.606. The molecule has 0 saturated carbocycles. The van der Waals surface area contributed by atoms with Crippen LogP contribution in [0.5, 0.6) is 11.5 Å². The van der Waals surface area contributed by atoms with Crippen molar-refractivity contribution < 1.29 is 14.5 Å².